The second-order valence-electron chi connectivity index (χ2n) is 4.05. The third-order valence-electron chi connectivity index (χ3n) is 1.99. The number of carbonyl (C=O) groups excluding carboxylic acids is 2. The molecule has 0 aromatic heterocycles. The molecule has 0 saturated carbocycles. The smallest absolute Gasteiger partial charge is 0.302 e. The lowest BCUT2D eigenvalue weighted by atomic mass is 10.0. The molecule has 88 valence electrons. The third kappa shape index (κ3) is 6.94. The summed E-state index contributed by atoms with van der Waals surface area (Å²) in [6, 6.07) is 0. The zero-order chi connectivity index (χ0) is 12.0. The highest BCUT2D eigenvalue weighted by molar-refractivity contribution is 5.66. The fourth-order valence-electron chi connectivity index (χ4n) is 1.33. The molecule has 4 nitrogen and oxygen atoms in total. The van der Waals surface area contributed by atoms with Gasteiger partial charge in [0.05, 0.1) is 0 Å². The van der Waals surface area contributed by atoms with E-state index in [1.165, 1.54) is 13.8 Å². The van der Waals surface area contributed by atoms with Gasteiger partial charge >= 0.3 is 11.9 Å². The molecule has 0 aliphatic rings. The summed E-state index contributed by atoms with van der Waals surface area (Å²) in [5.41, 5.74) is 0. The van der Waals surface area contributed by atoms with E-state index >= 15 is 0 Å². The van der Waals surface area contributed by atoms with Gasteiger partial charge in [-0.1, -0.05) is 13.8 Å². The zero-order valence-corrected chi connectivity index (χ0v) is 10.1. The number of carbonyl (C=O) groups is 2. The van der Waals surface area contributed by atoms with E-state index in [0.717, 1.165) is 0 Å². The van der Waals surface area contributed by atoms with E-state index in [9.17, 15) is 9.59 Å². The van der Waals surface area contributed by atoms with Crippen LogP contribution in [0.15, 0.2) is 0 Å². The highest BCUT2D eigenvalue weighted by Gasteiger charge is 2.20. The lowest BCUT2D eigenvalue weighted by molar-refractivity contribution is -0.153. The molecule has 0 radical (unpaired) electrons. The van der Waals surface area contributed by atoms with Gasteiger partial charge in [-0.25, -0.2) is 0 Å². The van der Waals surface area contributed by atoms with Gasteiger partial charge in [-0.3, -0.25) is 9.59 Å². The number of hydrogen-bond acceptors (Lipinski definition) is 4. The molecule has 0 aromatic carbocycles. The number of esters is 2. The maximum atomic E-state index is 10.8. The molecule has 0 aromatic rings. The first-order valence-corrected chi connectivity index (χ1v) is 5.17. The standard InChI is InChI=1S/C11H20O4/c1-7(2)11(15-10(5)13)6-8(3)14-9(4)12/h7-8,11H,6H2,1-5H3/t8-,11+/m0/s1. The van der Waals surface area contributed by atoms with Crippen molar-refractivity contribution in [2.45, 2.75) is 53.2 Å². The van der Waals surface area contributed by atoms with Crippen LogP contribution in [0.5, 0.6) is 0 Å². The van der Waals surface area contributed by atoms with Crippen LogP contribution in [-0.4, -0.2) is 24.1 Å². The van der Waals surface area contributed by atoms with Gasteiger partial charge in [-0.2, -0.15) is 0 Å². The van der Waals surface area contributed by atoms with Crippen LogP contribution in [0.2, 0.25) is 0 Å². The van der Waals surface area contributed by atoms with E-state index in [-0.39, 0.29) is 30.1 Å². The summed E-state index contributed by atoms with van der Waals surface area (Å²) in [7, 11) is 0. The molecular weight excluding hydrogens is 196 g/mol. The Kier molecular flexibility index (Phi) is 5.97. The van der Waals surface area contributed by atoms with Crippen molar-refractivity contribution in [1.82, 2.24) is 0 Å². The number of rotatable bonds is 5. The topological polar surface area (TPSA) is 52.6 Å². The van der Waals surface area contributed by atoms with Crippen molar-refractivity contribution in [3.8, 4) is 0 Å². The van der Waals surface area contributed by atoms with Crippen molar-refractivity contribution in [2.24, 2.45) is 5.92 Å². The molecule has 0 unspecified atom stereocenters. The van der Waals surface area contributed by atoms with Crippen LogP contribution in [-0.2, 0) is 19.1 Å². The molecule has 0 heterocycles. The SMILES string of the molecule is CC(=O)O[C@@H](C)C[C@@H](OC(C)=O)C(C)C. The minimum atomic E-state index is -0.312. The quantitative estimate of drug-likeness (QED) is 0.659. The second kappa shape index (κ2) is 6.43. The van der Waals surface area contributed by atoms with Gasteiger partial charge in [0, 0.05) is 20.3 Å². The van der Waals surface area contributed by atoms with Gasteiger partial charge in [0.15, 0.2) is 0 Å². The van der Waals surface area contributed by atoms with E-state index in [1.807, 2.05) is 13.8 Å². The van der Waals surface area contributed by atoms with Crippen molar-refractivity contribution in [1.29, 1.82) is 0 Å². The van der Waals surface area contributed by atoms with Crippen molar-refractivity contribution < 1.29 is 19.1 Å². The van der Waals surface area contributed by atoms with E-state index in [1.54, 1.807) is 6.92 Å². The minimum Gasteiger partial charge on any atom is -0.463 e. The van der Waals surface area contributed by atoms with Crippen LogP contribution in [0, 0.1) is 5.92 Å². The molecule has 0 aliphatic carbocycles. The molecule has 0 bridgehead atoms. The second-order valence-corrected chi connectivity index (χ2v) is 4.05. The summed E-state index contributed by atoms with van der Waals surface area (Å²) in [4.78, 5) is 21.5. The summed E-state index contributed by atoms with van der Waals surface area (Å²) in [6.07, 6.45) is 0.114. The van der Waals surface area contributed by atoms with Crippen LogP contribution in [0.1, 0.15) is 41.0 Å². The summed E-state index contributed by atoms with van der Waals surface area (Å²) in [6.45, 7) is 8.47. The van der Waals surface area contributed by atoms with Crippen LogP contribution < -0.4 is 0 Å². The van der Waals surface area contributed by atoms with Crippen molar-refractivity contribution in [3.63, 3.8) is 0 Å². The fraction of sp³-hybridized carbons (Fsp3) is 0.818. The zero-order valence-electron chi connectivity index (χ0n) is 10.1. The number of hydrogen-bond donors (Lipinski definition) is 0. The molecule has 0 amide bonds. The molecule has 2 atom stereocenters. The summed E-state index contributed by atoms with van der Waals surface area (Å²) >= 11 is 0. The lowest BCUT2D eigenvalue weighted by Gasteiger charge is -2.23. The summed E-state index contributed by atoms with van der Waals surface area (Å²) in [5.74, 6) is -0.400. The molecule has 0 saturated heterocycles. The van der Waals surface area contributed by atoms with E-state index in [0.29, 0.717) is 6.42 Å². The van der Waals surface area contributed by atoms with Crippen molar-refractivity contribution >= 4 is 11.9 Å². The minimum absolute atomic E-state index is 0.197. The first-order chi connectivity index (χ1) is 6.82. The molecule has 4 heteroatoms. The third-order valence-corrected chi connectivity index (χ3v) is 1.99. The average Bonchev–Trinajstić information content (AvgIpc) is 1.99. The van der Waals surface area contributed by atoms with Crippen molar-refractivity contribution in [3.05, 3.63) is 0 Å². The Morgan fingerprint density at radius 3 is 1.80 bits per heavy atom. The fourth-order valence-corrected chi connectivity index (χ4v) is 1.33. The van der Waals surface area contributed by atoms with Gasteiger partial charge < -0.3 is 9.47 Å². The Morgan fingerprint density at radius 2 is 1.47 bits per heavy atom. The normalized spacial score (nSPS) is 14.5. The first kappa shape index (κ1) is 13.9. The predicted octanol–water partition coefficient (Wildman–Crippen LogP) is 1.92. The van der Waals surface area contributed by atoms with Gasteiger partial charge in [0.2, 0.25) is 0 Å². The van der Waals surface area contributed by atoms with E-state index in [2.05, 4.69) is 0 Å². The monoisotopic (exact) mass is 216 g/mol. The molecular formula is C11H20O4. The first-order valence-electron chi connectivity index (χ1n) is 5.17. The average molecular weight is 216 g/mol. The van der Waals surface area contributed by atoms with Crippen molar-refractivity contribution in [2.75, 3.05) is 0 Å². The van der Waals surface area contributed by atoms with Gasteiger partial charge in [-0.05, 0) is 12.8 Å². The number of ether oxygens (including phenoxy) is 2. The molecule has 0 N–H and O–H groups in total. The Hall–Kier alpha value is -1.06. The highest BCUT2D eigenvalue weighted by atomic mass is 16.6. The lowest BCUT2D eigenvalue weighted by Crippen LogP contribution is -2.28. The maximum Gasteiger partial charge on any atom is 0.302 e. The van der Waals surface area contributed by atoms with Crippen LogP contribution >= 0.6 is 0 Å². The molecule has 0 fully saturated rings. The van der Waals surface area contributed by atoms with Gasteiger partial charge in [-0.15, -0.1) is 0 Å². The Labute approximate surface area is 90.9 Å². The van der Waals surface area contributed by atoms with Crippen LogP contribution in [0.3, 0.4) is 0 Å². The van der Waals surface area contributed by atoms with Crippen LogP contribution in [0.4, 0.5) is 0 Å². The summed E-state index contributed by atoms with van der Waals surface area (Å²) in [5, 5.41) is 0. The summed E-state index contributed by atoms with van der Waals surface area (Å²) < 4.78 is 10.1. The predicted molar refractivity (Wildman–Crippen MR) is 56.2 cm³/mol. The van der Waals surface area contributed by atoms with Gasteiger partial charge in [0.1, 0.15) is 12.2 Å². The Balaban J connectivity index is 4.15. The maximum absolute atomic E-state index is 10.8. The molecule has 0 rings (SSSR count). The molecule has 15 heavy (non-hydrogen) atoms. The molecule has 0 spiro atoms. The van der Waals surface area contributed by atoms with E-state index in [4.69, 9.17) is 9.47 Å². The largest absolute Gasteiger partial charge is 0.463 e. The Bertz CT molecular complexity index is 223. The van der Waals surface area contributed by atoms with Crippen LogP contribution in [0.25, 0.3) is 0 Å². The van der Waals surface area contributed by atoms with E-state index < -0.39 is 0 Å². The Morgan fingerprint density at radius 1 is 1.00 bits per heavy atom. The van der Waals surface area contributed by atoms with Gasteiger partial charge in [0.25, 0.3) is 0 Å². The molecule has 0 aliphatic heterocycles. The highest BCUT2D eigenvalue weighted by Crippen LogP contribution is 2.15.